The van der Waals surface area contributed by atoms with Gasteiger partial charge in [0.15, 0.2) is 5.78 Å². The largest absolute Gasteiger partial charge is 0.492 e. The minimum Gasteiger partial charge on any atom is -0.492 e. The van der Waals surface area contributed by atoms with E-state index in [1.54, 1.807) is 0 Å². The van der Waals surface area contributed by atoms with Crippen LogP contribution in [0.1, 0.15) is 34.3 Å². The highest BCUT2D eigenvalue weighted by Crippen LogP contribution is 2.29. The topological polar surface area (TPSA) is 47.9 Å². The first-order valence-electron chi connectivity index (χ1n) is 7.73. The molecule has 1 aliphatic heterocycles. The third kappa shape index (κ3) is 3.42. The zero-order valence-electron chi connectivity index (χ0n) is 13.1. The van der Waals surface area contributed by atoms with Gasteiger partial charge in [-0.3, -0.25) is 4.79 Å². The zero-order chi connectivity index (χ0) is 16.1. The molecule has 2 aromatic carbocycles. The van der Waals surface area contributed by atoms with E-state index in [0.717, 1.165) is 23.3 Å². The van der Waals surface area contributed by atoms with Gasteiger partial charge in [-0.25, -0.2) is 0 Å². The fraction of sp³-hybridized carbons (Fsp3) is 0.263. The highest BCUT2D eigenvalue weighted by Gasteiger charge is 2.24. The molecule has 0 spiro atoms. The number of fused-ring (bicyclic) bond motifs is 1. The third-order valence-corrected chi connectivity index (χ3v) is 3.90. The molecule has 23 heavy (non-hydrogen) atoms. The summed E-state index contributed by atoms with van der Waals surface area (Å²) >= 11 is 0. The second-order valence-electron chi connectivity index (χ2n) is 5.41. The molecule has 0 fully saturated rings. The first-order chi connectivity index (χ1) is 11.3. The van der Waals surface area contributed by atoms with E-state index in [0.29, 0.717) is 30.8 Å². The predicted octanol–water partition coefficient (Wildman–Crippen LogP) is 3.64. The average Bonchev–Trinajstić information content (AvgIpc) is 2.60. The van der Waals surface area contributed by atoms with Crippen LogP contribution >= 0.6 is 0 Å². The summed E-state index contributed by atoms with van der Waals surface area (Å²) in [4.78, 5) is 17.6. The summed E-state index contributed by atoms with van der Waals surface area (Å²) < 4.78 is 5.67. The number of hydrogen-bond donors (Lipinski definition) is 0. The molecule has 0 radical (unpaired) electrons. The molecule has 0 amide bonds. The van der Waals surface area contributed by atoms with Gasteiger partial charge in [-0.2, -0.15) is 0 Å². The lowest BCUT2D eigenvalue weighted by Crippen LogP contribution is -2.20. The minimum absolute atomic E-state index is 0.0972. The normalized spacial score (nSPS) is 14.9. The fourth-order valence-electron chi connectivity index (χ4n) is 2.80. The van der Waals surface area contributed by atoms with Crippen molar-refractivity contribution in [1.82, 2.24) is 0 Å². The molecule has 0 saturated carbocycles. The molecule has 2 aromatic rings. The Hall–Kier alpha value is -2.62. The second kappa shape index (κ2) is 7.09. The maximum absolute atomic E-state index is 12.7. The van der Waals surface area contributed by atoms with Crippen LogP contribution in [0.2, 0.25) is 0 Å². The maximum atomic E-state index is 12.7. The van der Waals surface area contributed by atoms with Crippen LogP contribution in [-0.2, 0) is 11.3 Å². The molecule has 0 atom stereocenters. The highest BCUT2D eigenvalue weighted by molar-refractivity contribution is 6.13. The van der Waals surface area contributed by atoms with E-state index in [9.17, 15) is 4.79 Å². The van der Waals surface area contributed by atoms with Gasteiger partial charge in [-0.05, 0) is 18.1 Å². The van der Waals surface area contributed by atoms with Gasteiger partial charge in [0.05, 0.1) is 17.9 Å². The third-order valence-electron chi connectivity index (χ3n) is 3.90. The Morgan fingerprint density at radius 1 is 1.17 bits per heavy atom. The summed E-state index contributed by atoms with van der Waals surface area (Å²) in [7, 11) is 1.52. The number of aryl methyl sites for hydroxylation is 1. The number of Topliss-reactive ketones (excluding diaryl/α,β-unsaturated/α-hetero) is 1. The lowest BCUT2D eigenvalue weighted by atomic mass is 9.93. The molecule has 1 heterocycles. The van der Waals surface area contributed by atoms with Gasteiger partial charge in [0.25, 0.3) is 0 Å². The number of oxime groups is 1. The predicted molar refractivity (Wildman–Crippen MR) is 89.2 cm³/mol. The number of ketones is 1. The van der Waals surface area contributed by atoms with Crippen LogP contribution in [-0.4, -0.2) is 25.2 Å². The Kier molecular flexibility index (Phi) is 4.71. The molecule has 0 saturated heterocycles. The van der Waals surface area contributed by atoms with Gasteiger partial charge in [-0.15, -0.1) is 0 Å². The van der Waals surface area contributed by atoms with Crippen molar-refractivity contribution in [2.24, 2.45) is 5.16 Å². The van der Waals surface area contributed by atoms with Crippen molar-refractivity contribution >= 4 is 11.5 Å². The Bertz CT molecular complexity index is 723. The Morgan fingerprint density at radius 3 is 2.78 bits per heavy atom. The summed E-state index contributed by atoms with van der Waals surface area (Å²) in [5.41, 5.74) is 3.37. The van der Waals surface area contributed by atoms with Crippen LogP contribution in [0.4, 0.5) is 0 Å². The standard InChI is InChI=1S/C19H19NO3/c1-22-20-16-12-13-23-18-9-5-8-15(19(16)18)17(21)11-10-14-6-3-2-4-7-14/h2-9H,10-13H2,1H3/b20-16+. The van der Waals surface area contributed by atoms with Crippen LogP contribution in [0.3, 0.4) is 0 Å². The Balaban J connectivity index is 1.85. The molecular formula is C19H19NO3. The van der Waals surface area contributed by atoms with Crippen molar-refractivity contribution in [2.75, 3.05) is 13.7 Å². The molecule has 4 heteroatoms. The molecule has 3 rings (SSSR count). The summed E-state index contributed by atoms with van der Waals surface area (Å²) in [5, 5.41) is 4.07. The van der Waals surface area contributed by atoms with Crippen LogP contribution in [0.25, 0.3) is 0 Å². The second-order valence-corrected chi connectivity index (χ2v) is 5.41. The van der Waals surface area contributed by atoms with Crippen molar-refractivity contribution < 1.29 is 14.4 Å². The summed E-state index contributed by atoms with van der Waals surface area (Å²) in [6.45, 7) is 0.552. The van der Waals surface area contributed by atoms with Crippen molar-refractivity contribution in [2.45, 2.75) is 19.3 Å². The molecule has 0 aliphatic carbocycles. The highest BCUT2D eigenvalue weighted by atomic mass is 16.6. The number of rotatable bonds is 5. The van der Waals surface area contributed by atoms with Crippen molar-refractivity contribution in [3.05, 3.63) is 65.2 Å². The number of ether oxygens (including phenoxy) is 1. The summed E-state index contributed by atoms with van der Waals surface area (Å²) in [6.07, 6.45) is 1.82. The smallest absolute Gasteiger partial charge is 0.164 e. The zero-order valence-corrected chi connectivity index (χ0v) is 13.1. The van der Waals surface area contributed by atoms with E-state index in [-0.39, 0.29) is 5.78 Å². The van der Waals surface area contributed by atoms with Gasteiger partial charge in [0.1, 0.15) is 12.9 Å². The quantitative estimate of drug-likeness (QED) is 0.626. The molecule has 4 nitrogen and oxygen atoms in total. The molecule has 0 unspecified atom stereocenters. The van der Waals surface area contributed by atoms with E-state index in [2.05, 4.69) is 5.16 Å². The number of hydrogen-bond acceptors (Lipinski definition) is 4. The Labute approximate surface area is 135 Å². The van der Waals surface area contributed by atoms with Gasteiger partial charge in [0.2, 0.25) is 0 Å². The van der Waals surface area contributed by atoms with Gasteiger partial charge in [0, 0.05) is 18.4 Å². The van der Waals surface area contributed by atoms with Crippen LogP contribution < -0.4 is 4.74 Å². The van der Waals surface area contributed by atoms with E-state index < -0.39 is 0 Å². The van der Waals surface area contributed by atoms with Gasteiger partial charge in [-0.1, -0.05) is 47.6 Å². The lowest BCUT2D eigenvalue weighted by Gasteiger charge is -2.21. The van der Waals surface area contributed by atoms with Crippen LogP contribution in [0.5, 0.6) is 5.75 Å². The summed E-state index contributed by atoms with van der Waals surface area (Å²) in [6, 6.07) is 15.6. The molecule has 118 valence electrons. The summed E-state index contributed by atoms with van der Waals surface area (Å²) in [5.74, 6) is 0.803. The van der Waals surface area contributed by atoms with Crippen LogP contribution in [0, 0.1) is 0 Å². The van der Waals surface area contributed by atoms with Gasteiger partial charge >= 0.3 is 0 Å². The maximum Gasteiger partial charge on any atom is 0.164 e. The van der Waals surface area contributed by atoms with Crippen molar-refractivity contribution in [1.29, 1.82) is 0 Å². The van der Waals surface area contributed by atoms with Crippen molar-refractivity contribution in [3.8, 4) is 5.75 Å². The number of nitrogens with zero attached hydrogens (tertiary/aromatic N) is 1. The number of carbonyl (C=O) groups excluding carboxylic acids is 1. The van der Waals surface area contributed by atoms with Crippen LogP contribution in [0.15, 0.2) is 53.7 Å². The van der Waals surface area contributed by atoms with E-state index >= 15 is 0 Å². The molecule has 0 aromatic heterocycles. The monoisotopic (exact) mass is 309 g/mol. The SMILES string of the molecule is CO/N=C1\CCOc2cccc(C(=O)CCc3ccccc3)c21. The minimum atomic E-state index is 0.0972. The number of benzene rings is 2. The van der Waals surface area contributed by atoms with E-state index in [1.807, 2.05) is 48.5 Å². The first-order valence-corrected chi connectivity index (χ1v) is 7.73. The molecular weight excluding hydrogens is 290 g/mol. The lowest BCUT2D eigenvalue weighted by molar-refractivity contribution is 0.0982. The van der Waals surface area contributed by atoms with E-state index in [1.165, 1.54) is 7.11 Å². The molecule has 0 bridgehead atoms. The van der Waals surface area contributed by atoms with E-state index in [4.69, 9.17) is 9.57 Å². The van der Waals surface area contributed by atoms with Crippen molar-refractivity contribution in [3.63, 3.8) is 0 Å². The Morgan fingerprint density at radius 2 is 2.00 bits per heavy atom. The molecule has 0 N–H and O–H groups in total. The number of carbonyl (C=O) groups is 1. The average molecular weight is 309 g/mol. The fourth-order valence-corrected chi connectivity index (χ4v) is 2.80. The van der Waals surface area contributed by atoms with Gasteiger partial charge < -0.3 is 9.57 Å². The molecule has 1 aliphatic rings. The first kappa shape index (κ1) is 15.3.